The van der Waals surface area contributed by atoms with E-state index in [0.29, 0.717) is 18.9 Å². The molecular formula is C13H14F2O3. The molecule has 0 spiro atoms. The second-order valence-corrected chi connectivity index (χ2v) is 4.56. The van der Waals surface area contributed by atoms with E-state index in [1.807, 2.05) is 0 Å². The summed E-state index contributed by atoms with van der Waals surface area (Å²) in [6.45, 7) is 0. The zero-order valence-electron chi connectivity index (χ0n) is 10.0. The molecule has 0 aromatic heterocycles. The number of carbonyl (C=O) groups is 1. The first-order valence-electron chi connectivity index (χ1n) is 5.78. The van der Waals surface area contributed by atoms with Crippen LogP contribution in [0.5, 0.6) is 5.75 Å². The van der Waals surface area contributed by atoms with Gasteiger partial charge in [0.1, 0.15) is 5.82 Å². The number of halogens is 2. The van der Waals surface area contributed by atoms with Crippen molar-refractivity contribution in [2.45, 2.75) is 31.1 Å². The van der Waals surface area contributed by atoms with E-state index < -0.39 is 23.0 Å². The predicted octanol–water partition coefficient (Wildman–Crippen LogP) is 2.87. The third kappa shape index (κ3) is 1.83. The molecule has 1 aliphatic carbocycles. The Morgan fingerprint density at radius 1 is 1.28 bits per heavy atom. The quantitative estimate of drug-likeness (QED) is 0.904. The molecule has 0 radical (unpaired) electrons. The van der Waals surface area contributed by atoms with Crippen molar-refractivity contribution in [3.05, 3.63) is 29.3 Å². The molecule has 1 saturated carbocycles. The van der Waals surface area contributed by atoms with E-state index in [9.17, 15) is 18.7 Å². The SMILES string of the molecule is COc1cc(C2(C(=O)O)CCCC2)c(F)cc1F. The summed E-state index contributed by atoms with van der Waals surface area (Å²) >= 11 is 0. The Bertz CT molecular complexity index is 479. The van der Waals surface area contributed by atoms with Gasteiger partial charge in [-0.25, -0.2) is 8.78 Å². The largest absolute Gasteiger partial charge is 0.494 e. The van der Waals surface area contributed by atoms with Crippen molar-refractivity contribution in [1.29, 1.82) is 0 Å². The molecule has 98 valence electrons. The molecular weight excluding hydrogens is 242 g/mol. The average molecular weight is 256 g/mol. The highest BCUT2D eigenvalue weighted by Gasteiger charge is 2.45. The van der Waals surface area contributed by atoms with Crippen LogP contribution in [0, 0.1) is 11.6 Å². The van der Waals surface area contributed by atoms with Crippen LogP contribution < -0.4 is 4.74 Å². The minimum atomic E-state index is -1.24. The van der Waals surface area contributed by atoms with Crippen LogP contribution in [0.2, 0.25) is 0 Å². The Kier molecular flexibility index (Phi) is 3.24. The summed E-state index contributed by atoms with van der Waals surface area (Å²) in [5, 5.41) is 9.37. The van der Waals surface area contributed by atoms with Gasteiger partial charge in [-0.05, 0) is 18.9 Å². The van der Waals surface area contributed by atoms with Gasteiger partial charge in [0.15, 0.2) is 11.6 Å². The highest BCUT2D eigenvalue weighted by molar-refractivity contribution is 5.82. The normalized spacial score (nSPS) is 17.7. The molecule has 1 fully saturated rings. The minimum Gasteiger partial charge on any atom is -0.494 e. The van der Waals surface area contributed by atoms with Gasteiger partial charge < -0.3 is 9.84 Å². The number of aliphatic carboxylic acids is 1. The van der Waals surface area contributed by atoms with Crippen LogP contribution >= 0.6 is 0 Å². The molecule has 0 atom stereocenters. The molecule has 18 heavy (non-hydrogen) atoms. The van der Waals surface area contributed by atoms with E-state index in [1.54, 1.807) is 0 Å². The summed E-state index contributed by atoms with van der Waals surface area (Å²) < 4.78 is 32.0. The van der Waals surface area contributed by atoms with Crippen molar-refractivity contribution in [3.8, 4) is 5.75 Å². The zero-order valence-corrected chi connectivity index (χ0v) is 10.0. The fourth-order valence-corrected chi connectivity index (χ4v) is 2.63. The Hall–Kier alpha value is -1.65. The monoisotopic (exact) mass is 256 g/mol. The van der Waals surface area contributed by atoms with Crippen LogP contribution in [-0.4, -0.2) is 18.2 Å². The molecule has 0 aliphatic heterocycles. The fraction of sp³-hybridized carbons (Fsp3) is 0.462. The first-order valence-corrected chi connectivity index (χ1v) is 5.78. The lowest BCUT2D eigenvalue weighted by molar-refractivity contribution is -0.143. The summed E-state index contributed by atoms with van der Waals surface area (Å²) in [6, 6.07) is 1.86. The zero-order chi connectivity index (χ0) is 13.3. The van der Waals surface area contributed by atoms with Crippen LogP contribution in [0.4, 0.5) is 8.78 Å². The van der Waals surface area contributed by atoms with Crippen molar-refractivity contribution in [1.82, 2.24) is 0 Å². The van der Waals surface area contributed by atoms with Crippen LogP contribution in [0.25, 0.3) is 0 Å². The predicted molar refractivity (Wildman–Crippen MR) is 60.7 cm³/mol. The Labute approximate surface area is 103 Å². The average Bonchev–Trinajstić information content (AvgIpc) is 2.79. The highest BCUT2D eigenvalue weighted by atomic mass is 19.1. The first-order chi connectivity index (χ1) is 8.51. The number of carboxylic acids is 1. The molecule has 0 saturated heterocycles. The Morgan fingerprint density at radius 3 is 2.39 bits per heavy atom. The van der Waals surface area contributed by atoms with Crippen molar-refractivity contribution < 1.29 is 23.4 Å². The topological polar surface area (TPSA) is 46.5 Å². The summed E-state index contributed by atoms with van der Waals surface area (Å²) in [6.07, 6.45) is 2.19. The number of benzene rings is 1. The van der Waals surface area contributed by atoms with Gasteiger partial charge >= 0.3 is 5.97 Å². The summed E-state index contributed by atoms with van der Waals surface area (Å²) in [5.74, 6) is -2.83. The molecule has 1 N–H and O–H groups in total. The van der Waals surface area contributed by atoms with Crippen LogP contribution in [-0.2, 0) is 10.2 Å². The lowest BCUT2D eigenvalue weighted by Gasteiger charge is -2.25. The Morgan fingerprint density at radius 2 is 1.89 bits per heavy atom. The second-order valence-electron chi connectivity index (χ2n) is 4.56. The molecule has 3 nitrogen and oxygen atoms in total. The van der Waals surface area contributed by atoms with Gasteiger partial charge in [0, 0.05) is 11.6 Å². The molecule has 1 aromatic rings. The smallest absolute Gasteiger partial charge is 0.314 e. The van der Waals surface area contributed by atoms with Gasteiger partial charge in [-0.15, -0.1) is 0 Å². The van der Waals surface area contributed by atoms with Crippen molar-refractivity contribution in [3.63, 3.8) is 0 Å². The number of ether oxygens (including phenoxy) is 1. The Balaban J connectivity index is 2.58. The maximum atomic E-state index is 13.9. The van der Waals surface area contributed by atoms with Gasteiger partial charge in [-0.3, -0.25) is 4.79 Å². The minimum absolute atomic E-state index is 0.0192. The maximum absolute atomic E-state index is 13.9. The molecule has 0 amide bonds. The molecule has 0 heterocycles. The van der Waals surface area contributed by atoms with E-state index in [0.717, 1.165) is 12.8 Å². The van der Waals surface area contributed by atoms with E-state index in [1.165, 1.54) is 13.2 Å². The molecule has 2 rings (SSSR count). The van der Waals surface area contributed by atoms with Crippen molar-refractivity contribution >= 4 is 5.97 Å². The molecule has 0 unspecified atom stereocenters. The first kappa shape index (κ1) is 12.8. The lowest BCUT2D eigenvalue weighted by Crippen LogP contribution is -2.33. The summed E-state index contributed by atoms with van der Waals surface area (Å²) in [7, 11) is 1.27. The maximum Gasteiger partial charge on any atom is 0.314 e. The van der Waals surface area contributed by atoms with Gasteiger partial charge in [-0.1, -0.05) is 12.8 Å². The standard InChI is InChI=1S/C13H14F2O3/c1-18-11-6-8(9(14)7-10(11)15)13(12(16)17)4-2-3-5-13/h6-7H,2-5H2,1H3,(H,16,17). The van der Waals surface area contributed by atoms with E-state index in [-0.39, 0.29) is 11.3 Å². The third-order valence-corrected chi connectivity index (χ3v) is 3.62. The van der Waals surface area contributed by atoms with Gasteiger partial charge in [0.25, 0.3) is 0 Å². The van der Waals surface area contributed by atoms with Gasteiger partial charge in [0.2, 0.25) is 0 Å². The van der Waals surface area contributed by atoms with E-state index in [4.69, 9.17) is 4.74 Å². The second kappa shape index (κ2) is 4.55. The van der Waals surface area contributed by atoms with E-state index in [2.05, 4.69) is 0 Å². The number of hydrogen-bond donors (Lipinski definition) is 1. The number of rotatable bonds is 3. The number of methoxy groups -OCH3 is 1. The van der Waals surface area contributed by atoms with Crippen LogP contribution in [0.15, 0.2) is 12.1 Å². The van der Waals surface area contributed by atoms with Crippen molar-refractivity contribution in [2.24, 2.45) is 0 Å². The van der Waals surface area contributed by atoms with E-state index >= 15 is 0 Å². The van der Waals surface area contributed by atoms with Crippen LogP contribution in [0.3, 0.4) is 0 Å². The molecule has 1 aromatic carbocycles. The fourth-order valence-electron chi connectivity index (χ4n) is 2.63. The van der Waals surface area contributed by atoms with Crippen molar-refractivity contribution in [2.75, 3.05) is 7.11 Å². The highest BCUT2D eigenvalue weighted by Crippen LogP contribution is 2.43. The summed E-state index contributed by atoms with van der Waals surface area (Å²) in [5.41, 5.74) is -1.23. The summed E-state index contributed by atoms with van der Waals surface area (Å²) in [4.78, 5) is 11.5. The molecule has 5 heteroatoms. The molecule has 1 aliphatic rings. The van der Waals surface area contributed by atoms with Crippen LogP contribution in [0.1, 0.15) is 31.2 Å². The third-order valence-electron chi connectivity index (χ3n) is 3.62. The van der Waals surface area contributed by atoms with Gasteiger partial charge in [-0.2, -0.15) is 0 Å². The number of carboxylic acid groups (broad SMARTS) is 1. The lowest BCUT2D eigenvalue weighted by atomic mass is 9.78. The number of hydrogen-bond acceptors (Lipinski definition) is 2. The van der Waals surface area contributed by atoms with Gasteiger partial charge in [0.05, 0.1) is 12.5 Å². The molecule has 0 bridgehead atoms.